The average molecular weight is 336 g/mol. The molecule has 0 saturated carbocycles. The maximum Gasteiger partial charge on any atom is 0.245 e. The first-order valence-corrected chi connectivity index (χ1v) is 8.36. The van der Waals surface area contributed by atoms with Crippen LogP contribution in [0.15, 0.2) is 24.3 Å². The Kier molecular flexibility index (Phi) is 6.73. The Morgan fingerprint density at radius 1 is 1.29 bits per heavy atom. The molecule has 0 radical (unpaired) electrons. The van der Waals surface area contributed by atoms with E-state index in [9.17, 15) is 14.0 Å². The lowest BCUT2D eigenvalue weighted by Crippen LogP contribution is -2.50. The van der Waals surface area contributed by atoms with E-state index in [1.54, 1.807) is 17.9 Å². The fourth-order valence-corrected chi connectivity index (χ4v) is 2.87. The number of carbonyl (C=O) groups is 2. The number of nitrogens with one attached hydrogen (secondary N) is 1. The standard InChI is InChI=1S/C18H25FN2O3/c1-13(10-15-4-3-5-16(19)12-15)11-17(22)20-14(2)18(23)21-6-8-24-9-7-21/h3-5,12-14H,6-11H2,1-2H3,(H,20,22)/t13-,14+/m0/s1. The van der Waals surface area contributed by atoms with Crippen LogP contribution in [0, 0.1) is 11.7 Å². The van der Waals surface area contributed by atoms with Crippen molar-refractivity contribution in [2.24, 2.45) is 5.92 Å². The second kappa shape index (κ2) is 8.78. The maximum atomic E-state index is 13.2. The molecule has 1 fully saturated rings. The van der Waals surface area contributed by atoms with Gasteiger partial charge in [-0.05, 0) is 37.0 Å². The van der Waals surface area contributed by atoms with Crippen LogP contribution in [0.5, 0.6) is 0 Å². The van der Waals surface area contributed by atoms with Crippen molar-refractivity contribution in [3.63, 3.8) is 0 Å². The van der Waals surface area contributed by atoms with Gasteiger partial charge in [-0.15, -0.1) is 0 Å². The molecule has 1 N–H and O–H groups in total. The van der Waals surface area contributed by atoms with Crippen LogP contribution < -0.4 is 5.32 Å². The van der Waals surface area contributed by atoms with Crippen molar-refractivity contribution < 1.29 is 18.7 Å². The van der Waals surface area contributed by atoms with Crippen LogP contribution in [0.2, 0.25) is 0 Å². The maximum absolute atomic E-state index is 13.2. The molecule has 1 aliphatic heterocycles. The largest absolute Gasteiger partial charge is 0.378 e. The van der Waals surface area contributed by atoms with Crippen molar-refractivity contribution in [3.8, 4) is 0 Å². The summed E-state index contributed by atoms with van der Waals surface area (Å²) in [5.41, 5.74) is 0.868. The number of carbonyl (C=O) groups excluding carboxylic acids is 2. The van der Waals surface area contributed by atoms with E-state index in [4.69, 9.17) is 4.74 Å². The minimum absolute atomic E-state index is 0.0671. The first kappa shape index (κ1) is 18.4. The van der Waals surface area contributed by atoms with E-state index in [2.05, 4.69) is 5.32 Å². The summed E-state index contributed by atoms with van der Waals surface area (Å²) in [5.74, 6) is -0.441. The van der Waals surface area contributed by atoms with E-state index >= 15 is 0 Å². The number of nitrogens with zero attached hydrogens (tertiary/aromatic N) is 1. The van der Waals surface area contributed by atoms with Gasteiger partial charge in [0.2, 0.25) is 11.8 Å². The number of morpholine rings is 1. The van der Waals surface area contributed by atoms with Gasteiger partial charge in [0.1, 0.15) is 11.9 Å². The van der Waals surface area contributed by atoms with Gasteiger partial charge in [0.05, 0.1) is 13.2 Å². The lowest BCUT2D eigenvalue weighted by Gasteiger charge is -2.29. The predicted molar refractivity (Wildman–Crippen MR) is 88.9 cm³/mol. The molecule has 0 aromatic heterocycles. The number of ether oxygens (including phenoxy) is 1. The smallest absolute Gasteiger partial charge is 0.245 e. The van der Waals surface area contributed by atoms with E-state index in [1.807, 2.05) is 13.0 Å². The van der Waals surface area contributed by atoms with Gasteiger partial charge >= 0.3 is 0 Å². The summed E-state index contributed by atoms with van der Waals surface area (Å²) in [6.45, 7) is 5.85. The van der Waals surface area contributed by atoms with Gasteiger partial charge < -0.3 is 15.0 Å². The molecule has 1 aromatic carbocycles. The third-order valence-electron chi connectivity index (χ3n) is 4.08. The van der Waals surface area contributed by atoms with Crippen LogP contribution >= 0.6 is 0 Å². The molecule has 1 aromatic rings. The van der Waals surface area contributed by atoms with Gasteiger partial charge in [-0.3, -0.25) is 9.59 Å². The topological polar surface area (TPSA) is 58.6 Å². The number of benzene rings is 1. The fourth-order valence-electron chi connectivity index (χ4n) is 2.87. The van der Waals surface area contributed by atoms with Gasteiger partial charge in [0, 0.05) is 19.5 Å². The van der Waals surface area contributed by atoms with Crippen molar-refractivity contribution in [1.82, 2.24) is 10.2 Å². The van der Waals surface area contributed by atoms with Crippen LogP contribution in [0.25, 0.3) is 0 Å². The average Bonchev–Trinajstić information content (AvgIpc) is 2.54. The molecule has 1 heterocycles. The summed E-state index contributed by atoms with van der Waals surface area (Å²) in [7, 11) is 0. The molecule has 0 aliphatic carbocycles. The Bertz CT molecular complexity index is 573. The molecule has 24 heavy (non-hydrogen) atoms. The highest BCUT2D eigenvalue weighted by Gasteiger charge is 2.24. The van der Waals surface area contributed by atoms with Gasteiger partial charge in [0.25, 0.3) is 0 Å². The zero-order valence-electron chi connectivity index (χ0n) is 14.3. The zero-order valence-corrected chi connectivity index (χ0v) is 14.3. The van der Waals surface area contributed by atoms with Crippen molar-refractivity contribution in [3.05, 3.63) is 35.6 Å². The summed E-state index contributed by atoms with van der Waals surface area (Å²) in [6, 6.07) is 5.86. The van der Waals surface area contributed by atoms with Crippen molar-refractivity contribution in [2.45, 2.75) is 32.7 Å². The molecule has 2 amide bonds. The summed E-state index contributed by atoms with van der Waals surface area (Å²) in [6.07, 6.45) is 0.925. The molecule has 132 valence electrons. The molecule has 0 spiro atoms. The lowest BCUT2D eigenvalue weighted by molar-refractivity contribution is -0.139. The lowest BCUT2D eigenvalue weighted by atomic mass is 9.97. The monoisotopic (exact) mass is 336 g/mol. The second-order valence-electron chi connectivity index (χ2n) is 6.37. The Labute approximate surface area is 142 Å². The molecule has 1 saturated heterocycles. The minimum atomic E-state index is -0.544. The summed E-state index contributed by atoms with van der Waals surface area (Å²) >= 11 is 0. The molecule has 6 heteroatoms. The molecule has 1 aliphatic rings. The fraction of sp³-hybridized carbons (Fsp3) is 0.556. The SMILES string of the molecule is C[C@H](CC(=O)N[C@H](C)C(=O)N1CCOCC1)Cc1cccc(F)c1. The van der Waals surface area contributed by atoms with Crippen LogP contribution in [0.3, 0.4) is 0 Å². The second-order valence-corrected chi connectivity index (χ2v) is 6.37. The summed E-state index contributed by atoms with van der Waals surface area (Å²) in [5, 5.41) is 2.76. The van der Waals surface area contributed by atoms with E-state index in [0.717, 1.165) is 5.56 Å². The van der Waals surface area contributed by atoms with Gasteiger partial charge in [0.15, 0.2) is 0 Å². The summed E-state index contributed by atoms with van der Waals surface area (Å²) in [4.78, 5) is 26.1. The Morgan fingerprint density at radius 2 is 2.00 bits per heavy atom. The molecular weight excluding hydrogens is 311 g/mol. The molecule has 0 unspecified atom stereocenters. The highest BCUT2D eigenvalue weighted by Crippen LogP contribution is 2.13. The van der Waals surface area contributed by atoms with E-state index < -0.39 is 6.04 Å². The van der Waals surface area contributed by atoms with E-state index in [1.165, 1.54) is 12.1 Å². The Hall–Kier alpha value is -1.95. The minimum Gasteiger partial charge on any atom is -0.378 e. The summed E-state index contributed by atoms with van der Waals surface area (Å²) < 4.78 is 18.4. The van der Waals surface area contributed by atoms with Gasteiger partial charge in [-0.25, -0.2) is 4.39 Å². The number of hydrogen-bond acceptors (Lipinski definition) is 3. The van der Waals surface area contributed by atoms with Crippen LogP contribution in [-0.2, 0) is 20.7 Å². The highest BCUT2D eigenvalue weighted by atomic mass is 19.1. The van der Waals surface area contributed by atoms with Crippen LogP contribution in [-0.4, -0.2) is 49.1 Å². The van der Waals surface area contributed by atoms with Crippen molar-refractivity contribution in [1.29, 1.82) is 0 Å². The molecule has 0 bridgehead atoms. The molecule has 5 nitrogen and oxygen atoms in total. The van der Waals surface area contributed by atoms with E-state index in [-0.39, 0.29) is 23.5 Å². The van der Waals surface area contributed by atoms with Crippen molar-refractivity contribution in [2.75, 3.05) is 26.3 Å². The first-order chi connectivity index (χ1) is 11.5. The van der Waals surface area contributed by atoms with E-state index in [0.29, 0.717) is 39.1 Å². The Morgan fingerprint density at radius 3 is 2.67 bits per heavy atom. The normalized spacial score (nSPS) is 17.2. The Balaban J connectivity index is 1.77. The van der Waals surface area contributed by atoms with Crippen molar-refractivity contribution >= 4 is 11.8 Å². The zero-order chi connectivity index (χ0) is 17.5. The molecular formula is C18H25FN2O3. The van der Waals surface area contributed by atoms with Gasteiger partial charge in [-0.1, -0.05) is 19.1 Å². The van der Waals surface area contributed by atoms with Gasteiger partial charge in [-0.2, -0.15) is 0 Å². The van der Waals surface area contributed by atoms with Crippen LogP contribution in [0.4, 0.5) is 4.39 Å². The predicted octanol–water partition coefficient (Wildman–Crippen LogP) is 1.76. The first-order valence-electron chi connectivity index (χ1n) is 8.36. The molecule has 2 atom stereocenters. The number of halogens is 1. The molecule has 2 rings (SSSR count). The highest BCUT2D eigenvalue weighted by molar-refractivity contribution is 5.87. The number of amides is 2. The third-order valence-corrected chi connectivity index (χ3v) is 4.08. The third kappa shape index (κ3) is 5.60. The number of rotatable bonds is 6. The quantitative estimate of drug-likeness (QED) is 0.861. The van der Waals surface area contributed by atoms with Crippen LogP contribution in [0.1, 0.15) is 25.8 Å². The number of hydrogen-bond donors (Lipinski definition) is 1.